The zero-order valence-corrected chi connectivity index (χ0v) is 9.04. The number of para-hydroxylation sites is 1. The number of nitrogens with zero attached hydrogens (tertiary/aromatic N) is 3. The first-order valence-corrected chi connectivity index (χ1v) is 5.27. The van der Waals surface area contributed by atoms with E-state index >= 15 is 0 Å². The first-order chi connectivity index (χ1) is 8.34. The van der Waals surface area contributed by atoms with E-state index in [0.29, 0.717) is 0 Å². The van der Waals surface area contributed by atoms with Crippen LogP contribution >= 0.6 is 0 Å². The molecule has 0 fully saturated rings. The highest BCUT2D eigenvalue weighted by Crippen LogP contribution is 2.25. The van der Waals surface area contributed by atoms with Gasteiger partial charge >= 0.3 is 0 Å². The zero-order chi connectivity index (χ0) is 11.7. The molecule has 1 aromatic carbocycles. The van der Waals surface area contributed by atoms with Gasteiger partial charge in [0.15, 0.2) is 0 Å². The number of nitrogens with two attached hydrogens (primary N) is 1. The van der Waals surface area contributed by atoms with Gasteiger partial charge in [-0.3, -0.25) is 4.98 Å². The predicted molar refractivity (Wildman–Crippen MR) is 67.2 cm³/mol. The Balaban J connectivity index is 2.36. The Hall–Kier alpha value is -2.49. The number of nitrogen functional groups attached to an aromatic ring is 1. The minimum Gasteiger partial charge on any atom is -0.368 e. The van der Waals surface area contributed by atoms with Gasteiger partial charge in [0, 0.05) is 23.3 Å². The zero-order valence-electron chi connectivity index (χ0n) is 9.04. The van der Waals surface area contributed by atoms with Crippen molar-refractivity contribution in [1.29, 1.82) is 0 Å². The highest BCUT2D eigenvalue weighted by Gasteiger charge is 2.07. The van der Waals surface area contributed by atoms with E-state index in [4.69, 9.17) is 5.73 Å². The molecule has 0 bridgehead atoms. The van der Waals surface area contributed by atoms with Gasteiger partial charge in [0.05, 0.1) is 11.2 Å². The van der Waals surface area contributed by atoms with Crippen LogP contribution in [0.25, 0.3) is 22.2 Å². The van der Waals surface area contributed by atoms with Crippen molar-refractivity contribution in [2.75, 3.05) is 5.73 Å². The van der Waals surface area contributed by atoms with E-state index < -0.39 is 0 Å². The molecule has 0 saturated carbocycles. The van der Waals surface area contributed by atoms with Crippen LogP contribution in [0.2, 0.25) is 0 Å². The summed E-state index contributed by atoms with van der Waals surface area (Å²) in [5.41, 5.74) is 8.41. The Morgan fingerprint density at radius 1 is 0.882 bits per heavy atom. The normalized spacial score (nSPS) is 10.6. The Morgan fingerprint density at radius 3 is 2.47 bits per heavy atom. The summed E-state index contributed by atoms with van der Waals surface area (Å²) in [6, 6.07) is 11.6. The molecule has 0 amide bonds. The van der Waals surface area contributed by atoms with E-state index in [-0.39, 0.29) is 5.95 Å². The topological polar surface area (TPSA) is 64.7 Å². The van der Waals surface area contributed by atoms with Crippen molar-refractivity contribution in [3.05, 3.63) is 48.8 Å². The number of pyridine rings is 1. The van der Waals surface area contributed by atoms with Crippen molar-refractivity contribution in [3.63, 3.8) is 0 Å². The number of aromatic nitrogens is 3. The van der Waals surface area contributed by atoms with Crippen LogP contribution in [0, 0.1) is 0 Å². The number of benzene rings is 1. The Bertz CT molecular complexity index is 665. The third kappa shape index (κ3) is 1.69. The molecule has 0 aliphatic carbocycles. The number of hydrogen-bond acceptors (Lipinski definition) is 4. The summed E-state index contributed by atoms with van der Waals surface area (Å²) in [6.07, 6.45) is 3.48. The lowest BCUT2D eigenvalue weighted by Gasteiger charge is -2.06. The molecule has 4 heteroatoms. The number of fused-ring (bicyclic) bond motifs is 1. The van der Waals surface area contributed by atoms with Gasteiger partial charge in [-0.2, -0.15) is 0 Å². The van der Waals surface area contributed by atoms with Crippen molar-refractivity contribution >= 4 is 16.9 Å². The second-order valence-corrected chi connectivity index (χ2v) is 3.68. The van der Waals surface area contributed by atoms with E-state index in [1.54, 1.807) is 12.4 Å². The maximum absolute atomic E-state index is 5.72. The van der Waals surface area contributed by atoms with Gasteiger partial charge in [-0.1, -0.05) is 18.2 Å². The summed E-state index contributed by atoms with van der Waals surface area (Å²) in [5, 5.41) is 0.993. The fourth-order valence-corrected chi connectivity index (χ4v) is 1.82. The van der Waals surface area contributed by atoms with Crippen LogP contribution < -0.4 is 5.73 Å². The van der Waals surface area contributed by atoms with Crippen molar-refractivity contribution in [1.82, 2.24) is 15.0 Å². The molecule has 3 aromatic rings. The molecule has 0 aliphatic rings. The summed E-state index contributed by atoms with van der Waals surface area (Å²) in [4.78, 5) is 12.5. The largest absolute Gasteiger partial charge is 0.368 e. The molecule has 3 rings (SSSR count). The molecule has 0 atom stereocenters. The van der Waals surface area contributed by atoms with Crippen LogP contribution in [0.5, 0.6) is 0 Å². The third-order valence-corrected chi connectivity index (χ3v) is 2.57. The van der Waals surface area contributed by atoms with Crippen LogP contribution in [0.1, 0.15) is 0 Å². The highest BCUT2D eigenvalue weighted by molar-refractivity contribution is 5.92. The van der Waals surface area contributed by atoms with Crippen molar-refractivity contribution in [2.45, 2.75) is 0 Å². The lowest BCUT2D eigenvalue weighted by atomic mass is 10.1. The minimum absolute atomic E-state index is 0.288. The summed E-state index contributed by atoms with van der Waals surface area (Å²) in [5.74, 6) is 0.288. The molecule has 0 unspecified atom stereocenters. The fourth-order valence-electron chi connectivity index (χ4n) is 1.82. The van der Waals surface area contributed by atoms with Crippen molar-refractivity contribution in [3.8, 4) is 11.3 Å². The summed E-state index contributed by atoms with van der Waals surface area (Å²) in [6.45, 7) is 0. The molecule has 0 radical (unpaired) electrons. The molecular weight excluding hydrogens is 212 g/mol. The molecule has 2 heterocycles. The SMILES string of the molecule is Nc1nc(-c2ccncc2)c2ccccc2n1. The van der Waals surface area contributed by atoms with Crippen LogP contribution in [0.4, 0.5) is 5.95 Å². The molecule has 0 aliphatic heterocycles. The molecule has 4 nitrogen and oxygen atoms in total. The predicted octanol–water partition coefficient (Wildman–Crippen LogP) is 2.27. The second kappa shape index (κ2) is 3.83. The van der Waals surface area contributed by atoms with E-state index in [0.717, 1.165) is 22.2 Å². The minimum atomic E-state index is 0.288. The van der Waals surface area contributed by atoms with Gasteiger partial charge in [0.25, 0.3) is 0 Å². The van der Waals surface area contributed by atoms with Crippen LogP contribution in [0.15, 0.2) is 48.8 Å². The Labute approximate surface area is 98.2 Å². The highest BCUT2D eigenvalue weighted by atomic mass is 15.0. The quantitative estimate of drug-likeness (QED) is 0.686. The van der Waals surface area contributed by atoms with E-state index in [1.807, 2.05) is 36.4 Å². The number of anilines is 1. The maximum Gasteiger partial charge on any atom is 0.221 e. The lowest BCUT2D eigenvalue weighted by Crippen LogP contribution is -1.97. The fraction of sp³-hybridized carbons (Fsp3) is 0. The first-order valence-electron chi connectivity index (χ1n) is 5.27. The molecule has 0 spiro atoms. The van der Waals surface area contributed by atoms with Gasteiger partial charge in [-0.25, -0.2) is 9.97 Å². The van der Waals surface area contributed by atoms with Crippen LogP contribution in [-0.4, -0.2) is 15.0 Å². The molecule has 17 heavy (non-hydrogen) atoms. The molecule has 2 N–H and O–H groups in total. The van der Waals surface area contributed by atoms with Crippen LogP contribution in [-0.2, 0) is 0 Å². The monoisotopic (exact) mass is 222 g/mol. The van der Waals surface area contributed by atoms with E-state index in [9.17, 15) is 0 Å². The number of hydrogen-bond donors (Lipinski definition) is 1. The van der Waals surface area contributed by atoms with Gasteiger partial charge in [0.2, 0.25) is 5.95 Å². The second-order valence-electron chi connectivity index (χ2n) is 3.68. The van der Waals surface area contributed by atoms with Gasteiger partial charge in [-0.15, -0.1) is 0 Å². The molecular formula is C13H10N4. The van der Waals surface area contributed by atoms with E-state index in [1.165, 1.54) is 0 Å². The van der Waals surface area contributed by atoms with Crippen LogP contribution in [0.3, 0.4) is 0 Å². The number of rotatable bonds is 1. The smallest absolute Gasteiger partial charge is 0.221 e. The Kier molecular flexibility index (Phi) is 2.19. The van der Waals surface area contributed by atoms with Crippen molar-refractivity contribution < 1.29 is 0 Å². The van der Waals surface area contributed by atoms with Gasteiger partial charge in [0.1, 0.15) is 0 Å². The maximum atomic E-state index is 5.72. The average molecular weight is 222 g/mol. The summed E-state index contributed by atoms with van der Waals surface area (Å²) < 4.78 is 0. The summed E-state index contributed by atoms with van der Waals surface area (Å²) in [7, 11) is 0. The molecule has 2 aromatic heterocycles. The first kappa shape index (κ1) is 9.72. The standard InChI is InChI=1S/C13H10N4/c14-13-16-11-4-2-1-3-10(11)12(17-13)9-5-7-15-8-6-9/h1-8H,(H2,14,16,17). The van der Waals surface area contributed by atoms with Gasteiger partial charge in [-0.05, 0) is 18.2 Å². The lowest BCUT2D eigenvalue weighted by molar-refractivity contribution is 1.23. The van der Waals surface area contributed by atoms with Crippen molar-refractivity contribution in [2.24, 2.45) is 0 Å². The summed E-state index contributed by atoms with van der Waals surface area (Å²) >= 11 is 0. The van der Waals surface area contributed by atoms with E-state index in [2.05, 4.69) is 15.0 Å². The average Bonchev–Trinajstić information content (AvgIpc) is 2.39. The third-order valence-electron chi connectivity index (χ3n) is 2.57. The molecule has 82 valence electrons. The molecule has 0 saturated heterocycles. The van der Waals surface area contributed by atoms with Gasteiger partial charge < -0.3 is 5.73 Å². The Morgan fingerprint density at radius 2 is 1.65 bits per heavy atom.